The summed E-state index contributed by atoms with van der Waals surface area (Å²) in [6, 6.07) is 8.02. The van der Waals surface area contributed by atoms with Gasteiger partial charge in [0.1, 0.15) is 6.04 Å². The molecule has 0 aromatic heterocycles. The molecule has 1 heterocycles. The van der Waals surface area contributed by atoms with Crippen molar-refractivity contribution in [1.29, 1.82) is 0 Å². The van der Waals surface area contributed by atoms with E-state index in [1.807, 2.05) is 0 Å². The Morgan fingerprint density at radius 1 is 1.00 bits per heavy atom. The van der Waals surface area contributed by atoms with Crippen molar-refractivity contribution in [3.8, 4) is 0 Å². The second-order valence-electron chi connectivity index (χ2n) is 6.06. The highest BCUT2D eigenvalue weighted by Crippen LogP contribution is 2.32. The van der Waals surface area contributed by atoms with Gasteiger partial charge in [-0.3, -0.25) is 24.1 Å². The molecule has 0 aliphatic carbocycles. The molecule has 138 valence electrons. The number of hydrogen-bond acceptors (Lipinski definition) is 4. The Morgan fingerprint density at radius 2 is 1.52 bits per heavy atom. The van der Waals surface area contributed by atoms with Crippen LogP contribution in [0.2, 0.25) is 10.0 Å². The van der Waals surface area contributed by atoms with E-state index in [1.165, 1.54) is 26.0 Å². The van der Waals surface area contributed by atoms with E-state index in [4.69, 9.17) is 23.2 Å². The van der Waals surface area contributed by atoms with E-state index >= 15 is 0 Å². The Labute approximate surface area is 165 Å². The lowest BCUT2D eigenvalue weighted by molar-refractivity contribution is -0.119. The van der Waals surface area contributed by atoms with Gasteiger partial charge in [-0.25, -0.2) is 0 Å². The molecule has 1 aliphatic heterocycles. The van der Waals surface area contributed by atoms with Crippen LogP contribution in [0.3, 0.4) is 0 Å². The predicted molar refractivity (Wildman–Crippen MR) is 102 cm³/mol. The van der Waals surface area contributed by atoms with Crippen LogP contribution >= 0.6 is 23.2 Å². The van der Waals surface area contributed by atoms with Crippen LogP contribution in [0, 0.1) is 0 Å². The number of imide groups is 1. The number of carbonyl (C=O) groups excluding carboxylic acids is 4. The number of fused-ring (bicyclic) bond motifs is 1. The average Bonchev–Trinajstić information content (AvgIpc) is 2.85. The third kappa shape index (κ3) is 3.34. The zero-order valence-corrected chi connectivity index (χ0v) is 15.9. The Bertz CT molecular complexity index is 962. The van der Waals surface area contributed by atoms with Crippen molar-refractivity contribution >= 4 is 52.4 Å². The highest BCUT2D eigenvalue weighted by Gasteiger charge is 2.41. The smallest absolute Gasteiger partial charge is 0.262 e. The molecule has 3 amide bonds. The van der Waals surface area contributed by atoms with Crippen molar-refractivity contribution in [3.05, 3.63) is 63.1 Å². The van der Waals surface area contributed by atoms with Crippen molar-refractivity contribution in [2.45, 2.75) is 19.9 Å². The fourth-order valence-electron chi connectivity index (χ4n) is 2.86. The van der Waals surface area contributed by atoms with Gasteiger partial charge < -0.3 is 5.32 Å². The fourth-order valence-corrected chi connectivity index (χ4v) is 3.19. The molecule has 1 unspecified atom stereocenters. The standard InChI is InChI=1S/C19H14Cl2N2O4/c1-9(17(25)22-16-6-4-3-5-11(16)10(2)24)23-18(26)12-7-14(20)15(21)8-13(12)19(23)27/h3-9H,1-2H3,(H,22,25). The molecular weight excluding hydrogens is 391 g/mol. The maximum absolute atomic E-state index is 12.6. The minimum Gasteiger partial charge on any atom is -0.324 e. The molecule has 0 spiro atoms. The minimum absolute atomic E-state index is 0.0955. The first-order valence-electron chi connectivity index (χ1n) is 8.00. The molecule has 0 fully saturated rings. The molecule has 1 atom stereocenters. The average molecular weight is 405 g/mol. The van der Waals surface area contributed by atoms with E-state index < -0.39 is 23.8 Å². The van der Waals surface area contributed by atoms with Gasteiger partial charge in [0.2, 0.25) is 5.91 Å². The van der Waals surface area contributed by atoms with E-state index in [-0.39, 0.29) is 27.0 Å². The molecule has 3 rings (SSSR count). The molecular formula is C19H14Cl2N2O4. The number of hydrogen-bond donors (Lipinski definition) is 1. The molecule has 1 N–H and O–H groups in total. The van der Waals surface area contributed by atoms with Gasteiger partial charge in [0, 0.05) is 5.56 Å². The Morgan fingerprint density at radius 3 is 2.04 bits per heavy atom. The number of ketones is 1. The largest absolute Gasteiger partial charge is 0.324 e. The fraction of sp³-hybridized carbons (Fsp3) is 0.158. The van der Waals surface area contributed by atoms with E-state index in [0.717, 1.165) is 4.90 Å². The number of amides is 3. The molecule has 0 radical (unpaired) electrons. The van der Waals surface area contributed by atoms with Gasteiger partial charge in [-0.2, -0.15) is 0 Å². The van der Waals surface area contributed by atoms with Gasteiger partial charge in [0.05, 0.1) is 26.9 Å². The first kappa shape index (κ1) is 19.1. The Hall–Kier alpha value is -2.70. The lowest BCUT2D eigenvalue weighted by Gasteiger charge is -2.22. The number of Topliss-reactive ketones (excluding diaryl/α,β-unsaturated/α-hetero) is 1. The van der Waals surface area contributed by atoms with Gasteiger partial charge in [0.15, 0.2) is 5.78 Å². The van der Waals surface area contributed by atoms with Crippen LogP contribution in [0.15, 0.2) is 36.4 Å². The lowest BCUT2D eigenvalue weighted by atomic mass is 10.1. The highest BCUT2D eigenvalue weighted by atomic mass is 35.5. The van der Waals surface area contributed by atoms with Crippen LogP contribution in [0.1, 0.15) is 44.9 Å². The summed E-state index contributed by atoms with van der Waals surface area (Å²) in [4.78, 5) is 50.4. The van der Waals surface area contributed by atoms with E-state index in [9.17, 15) is 19.2 Å². The number of para-hydroxylation sites is 1. The van der Waals surface area contributed by atoms with Gasteiger partial charge in [0.25, 0.3) is 11.8 Å². The van der Waals surface area contributed by atoms with Crippen LogP contribution < -0.4 is 5.32 Å². The van der Waals surface area contributed by atoms with E-state index in [0.29, 0.717) is 11.3 Å². The summed E-state index contributed by atoms with van der Waals surface area (Å²) in [7, 11) is 0. The molecule has 2 aromatic rings. The number of nitrogens with one attached hydrogen (secondary N) is 1. The number of benzene rings is 2. The zero-order valence-electron chi connectivity index (χ0n) is 14.4. The SMILES string of the molecule is CC(=O)c1ccccc1NC(=O)C(C)N1C(=O)c2cc(Cl)c(Cl)cc2C1=O. The third-order valence-corrected chi connectivity index (χ3v) is 5.01. The molecule has 1 aliphatic rings. The summed E-state index contributed by atoms with van der Waals surface area (Å²) in [6.45, 7) is 2.81. The summed E-state index contributed by atoms with van der Waals surface area (Å²) in [6.07, 6.45) is 0. The summed E-state index contributed by atoms with van der Waals surface area (Å²) in [5.41, 5.74) is 0.833. The van der Waals surface area contributed by atoms with Crippen LogP contribution in [0.25, 0.3) is 0 Å². The van der Waals surface area contributed by atoms with Crippen molar-refractivity contribution in [2.75, 3.05) is 5.32 Å². The maximum atomic E-state index is 12.6. The van der Waals surface area contributed by atoms with Crippen molar-refractivity contribution in [2.24, 2.45) is 0 Å². The van der Waals surface area contributed by atoms with Crippen LogP contribution in [0.4, 0.5) is 5.69 Å². The monoisotopic (exact) mass is 404 g/mol. The van der Waals surface area contributed by atoms with Crippen molar-refractivity contribution in [3.63, 3.8) is 0 Å². The first-order valence-corrected chi connectivity index (χ1v) is 8.75. The maximum Gasteiger partial charge on any atom is 0.262 e. The van der Waals surface area contributed by atoms with Gasteiger partial charge >= 0.3 is 0 Å². The number of anilines is 1. The van der Waals surface area contributed by atoms with Crippen LogP contribution in [0.5, 0.6) is 0 Å². The molecule has 2 aromatic carbocycles. The lowest BCUT2D eigenvalue weighted by Crippen LogP contribution is -2.45. The Balaban J connectivity index is 1.87. The van der Waals surface area contributed by atoms with Gasteiger partial charge in [-0.05, 0) is 38.1 Å². The molecule has 0 saturated heterocycles. The van der Waals surface area contributed by atoms with Gasteiger partial charge in [-0.1, -0.05) is 35.3 Å². The van der Waals surface area contributed by atoms with Crippen LogP contribution in [-0.2, 0) is 4.79 Å². The van der Waals surface area contributed by atoms with E-state index in [2.05, 4.69) is 5.32 Å². The quantitative estimate of drug-likeness (QED) is 0.619. The van der Waals surface area contributed by atoms with Crippen LogP contribution in [-0.4, -0.2) is 34.4 Å². The number of halogens is 2. The normalized spacial score (nSPS) is 14.1. The zero-order chi connectivity index (χ0) is 19.9. The van der Waals surface area contributed by atoms with Crippen molar-refractivity contribution in [1.82, 2.24) is 4.90 Å². The highest BCUT2D eigenvalue weighted by molar-refractivity contribution is 6.43. The summed E-state index contributed by atoms with van der Waals surface area (Å²) in [5, 5.41) is 2.89. The summed E-state index contributed by atoms with van der Waals surface area (Å²) < 4.78 is 0. The van der Waals surface area contributed by atoms with Gasteiger partial charge in [-0.15, -0.1) is 0 Å². The molecule has 6 nitrogen and oxygen atoms in total. The number of nitrogens with zero attached hydrogens (tertiary/aromatic N) is 1. The first-order chi connectivity index (χ1) is 12.7. The minimum atomic E-state index is -1.10. The second-order valence-corrected chi connectivity index (χ2v) is 6.87. The topological polar surface area (TPSA) is 83.6 Å². The second kappa shape index (κ2) is 7.13. The summed E-state index contributed by atoms with van der Waals surface area (Å²) >= 11 is 11.8. The summed E-state index contributed by atoms with van der Waals surface area (Å²) in [5.74, 6) is -2.08. The number of carbonyl (C=O) groups is 4. The molecule has 27 heavy (non-hydrogen) atoms. The molecule has 0 saturated carbocycles. The Kier molecular flexibility index (Phi) is 5.04. The molecule has 8 heteroatoms. The molecule has 0 bridgehead atoms. The van der Waals surface area contributed by atoms with Crippen molar-refractivity contribution < 1.29 is 19.2 Å². The third-order valence-electron chi connectivity index (χ3n) is 4.29. The number of rotatable bonds is 4. The predicted octanol–water partition coefficient (Wildman–Crippen LogP) is 3.82. The van der Waals surface area contributed by atoms with E-state index in [1.54, 1.807) is 24.3 Å².